The predicted octanol–water partition coefficient (Wildman–Crippen LogP) is 3.02. The van der Waals surface area contributed by atoms with Crippen LogP contribution in [0.3, 0.4) is 0 Å². The molecule has 1 aromatic carbocycles. The van der Waals surface area contributed by atoms with Gasteiger partial charge in [-0.25, -0.2) is 0 Å². The molecule has 0 amide bonds. The summed E-state index contributed by atoms with van der Waals surface area (Å²) in [5, 5.41) is 3.51. The third-order valence-electron chi connectivity index (χ3n) is 2.91. The summed E-state index contributed by atoms with van der Waals surface area (Å²) in [7, 11) is 0. The van der Waals surface area contributed by atoms with E-state index in [2.05, 4.69) is 49.5 Å². The lowest BCUT2D eigenvalue weighted by molar-refractivity contribution is 0.0741. The van der Waals surface area contributed by atoms with Gasteiger partial charge in [-0.15, -0.1) is 0 Å². The first-order valence-corrected chi connectivity index (χ1v) is 6.61. The van der Waals surface area contributed by atoms with E-state index in [1.807, 2.05) is 6.92 Å². The van der Waals surface area contributed by atoms with Crippen LogP contribution >= 0.6 is 0 Å². The van der Waals surface area contributed by atoms with Crippen LogP contribution < -0.4 is 5.32 Å². The predicted molar refractivity (Wildman–Crippen MR) is 73.3 cm³/mol. The second-order valence-corrected chi connectivity index (χ2v) is 4.60. The SMILES string of the molecule is CCOC(C)CNC(C)CCc1ccccc1. The number of benzene rings is 1. The van der Waals surface area contributed by atoms with Gasteiger partial charge in [-0.3, -0.25) is 0 Å². The first-order valence-electron chi connectivity index (χ1n) is 6.61. The molecule has 2 atom stereocenters. The van der Waals surface area contributed by atoms with Crippen LogP contribution in [0.2, 0.25) is 0 Å². The van der Waals surface area contributed by atoms with Crippen molar-refractivity contribution in [1.29, 1.82) is 0 Å². The molecule has 1 aromatic rings. The standard InChI is InChI=1S/C15H25NO/c1-4-17-14(3)12-16-13(2)10-11-15-8-6-5-7-9-15/h5-9,13-14,16H,4,10-12H2,1-3H3. The highest BCUT2D eigenvalue weighted by Crippen LogP contribution is 2.04. The average Bonchev–Trinajstić information content (AvgIpc) is 2.35. The number of nitrogens with one attached hydrogen (secondary N) is 1. The summed E-state index contributed by atoms with van der Waals surface area (Å²) in [6.45, 7) is 8.11. The first-order chi connectivity index (χ1) is 8.22. The maximum atomic E-state index is 5.49. The molecule has 17 heavy (non-hydrogen) atoms. The highest BCUT2D eigenvalue weighted by molar-refractivity contribution is 5.14. The van der Waals surface area contributed by atoms with Crippen LogP contribution in [-0.4, -0.2) is 25.3 Å². The maximum absolute atomic E-state index is 5.49. The van der Waals surface area contributed by atoms with Gasteiger partial charge in [0.15, 0.2) is 0 Å². The highest BCUT2D eigenvalue weighted by atomic mass is 16.5. The third-order valence-corrected chi connectivity index (χ3v) is 2.91. The van der Waals surface area contributed by atoms with Gasteiger partial charge in [0.2, 0.25) is 0 Å². The second-order valence-electron chi connectivity index (χ2n) is 4.60. The van der Waals surface area contributed by atoms with Crippen molar-refractivity contribution in [3.05, 3.63) is 35.9 Å². The lowest BCUT2D eigenvalue weighted by atomic mass is 10.1. The summed E-state index contributed by atoms with van der Waals surface area (Å²) in [5.41, 5.74) is 1.42. The lowest BCUT2D eigenvalue weighted by Gasteiger charge is -2.17. The zero-order chi connectivity index (χ0) is 12.5. The number of hydrogen-bond acceptors (Lipinski definition) is 2. The van der Waals surface area contributed by atoms with Crippen LogP contribution in [0.4, 0.5) is 0 Å². The van der Waals surface area contributed by atoms with Crippen LogP contribution in [0.1, 0.15) is 32.8 Å². The Morgan fingerprint density at radius 1 is 1.18 bits per heavy atom. The van der Waals surface area contributed by atoms with E-state index >= 15 is 0 Å². The van der Waals surface area contributed by atoms with Gasteiger partial charge < -0.3 is 10.1 Å². The molecule has 0 saturated carbocycles. The summed E-state index contributed by atoms with van der Waals surface area (Å²) in [6.07, 6.45) is 2.61. The first kappa shape index (κ1) is 14.2. The summed E-state index contributed by atoms with van der Waals surface area (Å²) < 4.78 is 5.49. The number of rotatable bonds is 8. The fourth-order valence-corrected chi connectivity index (χ4v) is 1.84. The fourth-order valence-electron chi connectivity index (χ4n) is 1.84. The van der Waals surface area contributed by atoms with Crippen molar-refractivity contribution in [3.8, 4) is 0 Å². The number of aryl methyl sites for hydroxylation is 1. The summed E-state index contributed by atoms with van der Waals surface area (Å²) in [5.74, 6) is 0. The van der Waals surface area contributed by atoms with E-state index < -0.39 is 0 Å². The molecule has 0 bridgehead atoms. The second kappa shape index (κ2) is 8.26. The van der Waals surface area contributed by atoms with E-state index in [9.17, 15) is 0 Å². The zero-order valence-electron chi connectivity index (χ0n) is 11.3. The molecule has 0 spiro atoms. The van der Waals surface area contributed by atoms with E-state index in [4.69, 9.17) is 4.74 Å². The van der Waals surface area contributed by atoms with Crippen LogP contribution in [0.5, 0.6) is 0 Å². The molecule has 1 N–H and O–H groups in total. The minimum atomic E-state index is 0.305. The van der Waals surface area contributed by atoms with E-state index in [-0.39, 0.29) is 0 Å². The Bertz CT molecular complexity index is 286. The third kappa shape index (κ3) is 6.44. The highest BCUT2D eigenvalue weighted by Gasteiger charge is 2.05. The number of ether oxygens (including phenoxy) is 1. The molecule has 0 aliphatic rings. The van der Waals surface area contributed by atoms with Crippen molar-refractivity contribution in [1.82, 2.24) is 5.32 Å². The minimum Gasteiger partial charge on any atom is -0.377 e. The molecule has 0 heterocycles. The quantitative estimate of drug-likeness (QED) is 0.748. The molecular formula is C15H25NO. The van der Waals surface area contributed by atoms with Crippen LogP contribution in [0.25, 0.3) is 0 Å². The van der Waals surface area contributed by atoms with Gasteiger partial charge in [-0.2, -0.15) is 0 Å². The van der Waals surface area contributed by atoms with Crippen molar-refractivity contribution >= 4 is 0 Å². The Hall–Kier alpha value is -0.860. The van der Waals surface area contributed by atoms with Crippen molar-refractivity contribution in [2.75, 3.05) is 13.2 Å². The van der Waals surface area contributed by atoms with E-state index in [0.29, 0.717) is 12.1 Å². The van der Waals surface area contributed by atoms with Gasteiger partial charge >= 0.3 is 0 Å². The van der Waals surface area contributed by atoms with Crippen molar-refractivity contribution in [3.63, 3.8) is 0 Å². The topological polar surface area (TPSA) is 21.3 Å². The van der Waals surface area contributed by atoms with Crippen LogP contribution in [-0.2, 0) is 11.2 Å². The molecule has 0 radical (unpaired) electrons. The molecule has 0 fully saturated rings. The molecule has 0 aromatic heterocycles. The molecule has 2 nitrogen and oxygen atoms in total. The van der Waals surface area contributed by atoms with Gasteiger partial charge in [-0.05, 0) is 39.2 Å². The van der Waals surface area contributed by atoms with Gasteiger partial charge in [0.05, 0.1) is 6.10 Å². The molecule has 0 aliphatic carbocycles. The van der Waals surface area contributed by atoms with Gasteiger partial charge in [0.25, 0.3) is 0 Å². The number of hydrogen-bond donors (Lipinski definition) is 1. The van der Waals surface area contributed by atoms with Crippen LogP contribution in [0.15, 0.2) is 30.3 Å². The molecule has 0 aliphatic heterocycles. The van der Waals surface area contributed by atoms with Crippen molar-refractivity contribution in [2.24, 2.45) is 0 Å². The largest absolute Gasteiger partial charge is 0.377 e. The normalized spacial score (nSPS) is 14.5. The van der Waals surface area contributed by atoms with Gasteiger partial charge in [-0.1, -0.05) is 30.3 Å². The van der Waals surface area contributed by atoms with Crippen molar-refractivity contribution in [2.45, 2.75) is 45.8 Å². The summed E-state index contributed by atoms with van der Waals surface area (Å²) in [6, 6.07) is 11.2. The smallest absolute Gasteiger partial charge is 0.0671 e. The maximum Gasteiger partial charge on any atom is 0.0671 e. The summed E-state index contributed by atoms with van der Waals surface area (Å²) in [4.78, 5) is 0. The summed E-state index contributed by atoms with van der Waals surface area (Å²) >= 11 is 0. The van der Waals surface area contributed by atoms with Gasteiger partial charge in [0, 0.05) is 19.2 Å². The van der Waals surface area contributed by atoms with E-state index in [0.717, 1.165) is 19.6 Å². The average molecular weight is 235 g/mol. The Kier molecular flexibility index (Phi) is 6.90. The van der Waals surface area contributed by atoms with Crippen LogP contribution in [0, 0.1) is 0 Å². The minimum absolute atomic E-state index is 0.305. The Balaban J connectivity index is 2.15. The molecule has 2 heteroatoms. The molecule has 96 valence electrons. The fraction of sp³-hybridized carbons (Fsp3) is 0.600. The zero-order valence-corrected chi connectivity index (χ0v) is 11.3. The Labute approximate surface area is 105 Å². The van der Waals surface area contributed by atoms with E-state index in [1.165, 1.54) is 12.0 Å². The molecular weight excluding hydrogens is 210 g/mol. The van der Waals surface area contributed by atoms with Crippen molar-refractivity contribution < 1.29 is 4.74 Å². The monoisotopic (exact) mass is 235 g/mol. The Morgan fingerprint density at radius 3 is 2.53 bits per heavy atom. The molecule has 0 saturated heterocycles. The van der Waals surface area contributed by atoms with E-state index in [1.54, 1.807) is 0 Å². The molecule has 1 rings (SSSR count). The Morgan fingerprint density at radius 2 is 1.88 bits per heavy atom. The lowest BCUT2D eigenvalue weighted by Crippen LogP contribution is -2.34. The van der Waals surface area contributed by atoms with Gasteiger partial charge in [0.1, 0.15) is 0 Å². The molecule has 2 unspecified atom stereocenters.